The summed E-state index contributed by atoms with van der Waals surface area (Å²) in [6.07, 6.45) is -3.65. The predicted octanol–water partition coefficient (Wildman–Crippen LogP) is 2.26. The molecule has 4 aliphatic rings. The Balaban J connectivity index is 1.24. The number of nitrogens with one attached hydrogen (secondary N) is 2. The van der Waals surface area contributed by atoms with Gasteiger partial charge >= 0.3 is 6.18 Å². The van der Waals surface area contributed by atoms with Gasteiger partial charge in [0.25, 0.3) is 0 Å². The van der Waals surface area contributed by atoms with Crippen LogP contribution in [0.5, 0.6) is 5.75 Å². The van der Waals surface area contributed by atoms with Gasteiger partial charge in [-0.15, -0.1) is 0 Å². The fourth-order valence-corrected chi connectivity index (χ4v) is 4.57. The van der Waals surface area contributed by atoms with Crippen molar-refractivity contribution in [2.24, 2.45) is 0 Å². The molecule has 2 amide bonds. The number of methoxy groups -OCH3 is 1. The fraction of sp³-hybridized carbons (Fsp3) is 0.600. The van der Waals surface area contributed by atoms with E-state index in [0.717, 1.165) is 6.42 Å². The summed E-state index contributed by atoms with van der Waals surface area (Å²) in [6.45, 7) is 1.32. The van der Waals surface area contributed by atoms with Crippen molar-refractivity contribution in [3.63, 3.8) is 0 Å². The third-order valence-electron chi connectivity index (χ3n) is 6.22. The number of nitrogens with zero attached hydrogens (tertiary/aromatic N) is 2. The van der Waals surface area contributed by atoms with Gasteiger partial charge in [0, 0.05) is 36.9 Å². The van der Waals surface area contributed by atoms with Crippen LogP contribution in [0.15, 0.2) is 18.2 Å². The Morgan fingerprint density at radius 1 is 1.19 bits per heavy atom. The molecule has 2 N–H and O–H groups in total. The molecular formula is C20H24ClF3N4O3. The van der Waals surface area contributed by atoms with Crippen LogP contribution in [0.25, 0.3) is 0 Å². The topological polar surface area (TPSA) is 73.9 Å². The highest BCUT2D eigenvalue weighted by Crippen LogP contribution is 2.49. The highest BCUT2D eigenvalue weighted by molar-refractivity contribution is 6.32. The number of rotatable bonds is 7. The Morgan fingerprint density at radius 3 is 2.45 bits per heavy atom. The number of carbonyl (C=O) groups is 2. The third kappa shape index (κ3) is 4.61. The van der Waals surface area contributed by atoms with Crippen molar-refractivity contribution in [3.8, 4) is 5.75 Å². The predicted molar refractivity (Wildman–Crippen MR) is 108 cm³/mol. The molecule has 170 valence electrons. The minimum atomic E-state index is -4.41. The van der Waals surface area contributed by atoms with E-state index in [4.69, 9.17) is 16.3 Å². The van der Waals surface area contributed by atoms with Gasteiger partial charge in [0.15, 0.2) is 0 Å². The minimum absolute atomic E-state index is 0.0439. The summed E-state index contributed by atoms with van der Waals surface area (Å²) >= 11 is 5.99. The molecule has 2 bridgehead atoms. The van der Waals surface area contributed by atoms with E-state index in [1.54, 1.807) is 18.2 Å². The van der Waals surface area contributed by atoms with E-state index in [-0.39, 0.29) is 43.9 Å². The van der Waals surface area contributed by atoms with Gasteiger partial charge in [-0.3, -0.25) is 19.4 Å². The second-order valence-corrected chi connectivity index (χ2v) is 8.84. The number of fused-ring (bicyclic) bond motifs is 2. The molecule has 3 heterocycles. The van der Waals surface area contributed by atoms with Crippen molar-refractivity contribution in [1.29, 1.82) is 0 Å². The average molecular weight is 461 g/mol. The third-order valence-corrected chi connectivity index (χ3v) is 6.53. The van der Waals surface area contributed by atoms with E-state index in [9.17, 15) is 22.8 Å². The van der Waals surface area contributed by atoms with E-state index < -0.39 is 17.6 Å². The van der Waals surface area contributed by atoms with E-state index >= 15 is 0 Å². The van der Waals surface area contributed by atoms with E-state index in [1.807, 2.05) is 9.80 Å². The molecule has 4 fully saturated rings. The number of ether oxygens (including phenoxy) is 1. The van der Waals surface area contributed by atoms with Crippen molar-refractivity contribution in [2.75, 3.05) is 38.6 Å². The first kappa shape index (κ1) is 22.2. The lowest BCUT2D eigenvalue weighted by molar-refractivity contribution is -0.172. The van der Waals surface area contributed by atoms with Gasteiger partial charge in [-0.25, -0.2) is 0 Å². The maximum atomic E-state index is 13.0. The Hall–Kier alpha value is -2.04. The normalized spacial score (nSPS) is 24.8. The highest BCUT2D eigenvalue weighted by atomic mass is 35.5. The van der Waals surface area contributed by atoms with Gasteiger partial charge < -0.3 is 15.4 Å². The molecule has 3 saturated heterocycles. The maximum Gasteiger partial charge on any atom is 0.411 e. The number of alkyl halides is 3. The molecule has 1 aromatic rings. The van der Waals surface area contributed by atoms with E-state index in [0.29, 0.717) is 29.5 Å². The van der Waals surface area contributed by atoms with Gasteiger partial charge in [-0.1, -0.05) is 11.6 Å². The average Bonchev–Trinajstić information content (AvgIpc) is 3.48. The SMILES string of the molecule is COc1cc(NC(=O)CN2CC3CC(C2)N3CC(=O)NC2(C(F)(F)F)CC2)ccc1Cl. The molecule has 5 rings (SSSR count). The number of amides is 2. The van der Waals surface area contributed by atoms with Crippen molar-refractivity contribution in [3.05, 3.63) is 23.2 Å². The molecule has 0 aromatic heterocycles. The molecule has 7 nitrogen and oxygen atoms in total. The number of benzene rings is 1. The lowest BCUT2D eigenvalue weighted by Gasteiger charge is -2.56. The maximum absolute atomic E-state index is 13.0. The van der Waals surface area contributed by atoms with Crippen LogP contribution in [0, 0.1) is 0 Å². The number of hydrogen-bond donors (Lipinski definition) is 2. The van der Waals surface area contributed by atoms with Crippen molar-refractivity contribution in [1.82, 2.24) is 15.1 Å². The lowest BCUT2D eigenvalue weighted by atomic mass is 9.87. The van der Waals surface area contributed by atoms with Crippen LogP contribution in [0.2, 0.25) is 5.02 Å². The van der Waals surface area contributed by atoms with Gasteiger partial charge in [0.2, 0.25) is 11.8 Å². The summed E-state index contributed by atoms with van der Waals surface area (Å²) in [6, 6.07) is 5.09. The second kappa shape index (κ2) is 8.14. The van der Waals surface area contributed by atoms with Crippen LogP contribution >= 0.6 is 11.6 Å². The van der Waals surface area contributed by atoms with Gasteiger partial charge in [-0.05, 0) is 31.4 Å². The largest absolute Gasteiger partial charge is 0.495 e. The van der Waals surface area contributed by atoms with Crippen LogP contribution in [0.1, 0.15) is 19.3 Å². The van der Waals surface area contributed by atoms with Crippen LogP contribution in [0.3, 0.4) is 0 Å². The van der Waals surface area contributed by atoms with Crippen LogP contribution in [0.4, 0.5) is 18.9 Å². The molecule has 1 saturated carbocycles. The Labute approximate surface area is 182 Å². The number of piperazine rings is 1. The number of halogens is 4. The van der Waals surface area contributed by atoms with E-state index in [2.05, 4.69) is 10.6 Å². The quantitative estimate of drug-likeness (QED) is 0.653. The fourth-order valence-electron chi connectivity index (χ4n) is 4.38. The lowest BCUT2D eigenvalue weighted by Crippen LogP contribution is -2.70. The van der Waals surface area contributed by atoms with Crippen molar-refractivity contribution >= 4 is 29.1 Å². The molecule has 0 spiro atoms. The molecular weight excluding hydrogens is 437 g/mol. The molecule has 2 atom stereocenters. The minimum Gasteiger partial charge on any atom is -0.495 e. The number of piperidine rings is 1. The summed E-state index contributed by atoms with van der Waals surface area (Å²) in [5, 5.41) is 5.43. The zero-order valence-electron chi connectivity index (χ0n) is 17.0. The molecule has 3 aliphatic heterocycles. The van der Waals surface area contributed by atoms with Crippen LogP contribution < -0.4 is 15.4 Å². The van der Waals surface area contributed by atoms with E-state index in [1.165, 1.54) is 7.11 Å². The molecule has 0 radical (unpaired) electrons. The monoisotopic (exact) mass is 460 g/mol. The zero-order chi connectivity index (χ0) is 22.4. The Morgan fingerprint density at radius 2 is 1.87 bits per heavy atom. The molecule has 1 aromatic carbocycles. The summed E-state index contributed by atoms with van der Waals surface area (Å²) in [5.41, 5.74) is -1.45. The Kier molecular flexibility index (Phi) is 5.82. The first-order valence-electron chi connectivity index (χ1n) is 10.1. The zero-order valence-corrected chi connectivity index (χ0v) is 17.7. The number of carbonyl (C=O) groups excluding carboxylic acids is 2. The summed E-state index contributed by atoms with van der Waals surface area (Å²) in [5.74, 6) is -0.311. The van der Waals surface area contributed by atoms with Gasteiger partial charge in [-0.2, -0.15) is 13.2 Å². The smallest absolute Gasteiger partial charge is 0.411 e. The number of anilines is 1. The van der Waals surface area contributed by atoms with Gasteiger partial charge in [0.05, 0.1) is 25.2 Å². The summed E-state index contributed by atoms with van der Waals surface area (Å²) in [4.78, 5) is 28.5. The first-order chi connectivity index (χ1) is 14.6. The number of hydrogen-bond acceptors (Lipinski definition) is 5. The second-order valence-electron chi connectivity index (χ2n) is 8.44. The standard InChI is InChI=1S/C20H24ClF3N4O3/c1-31-16-6-12(2-3-15(16)21)25-17(29)10-27-8-13-7-14(9-27)28(13)11-18(30)26-19(4-5-19)20(22,23)24/h2-3,6,13-14H,4-5,7-11H2,1H3,(H,25,29)(H,26,30). The molecule has 11 heteroatoms. The van der Waals surface area contributed by atoms with Crippen LogP contribution in [-0.4, -0.2) is 78.7 Å². The molecule has 1 aliphatic carbocycles. The highest BCUT2D eigenvalue weighted by Gasteiger charge is 2.64. The molecule has 2 unspecified atom stereocenters. The van der Waals surface area contributed by atoms with Gasteiger partial charge in [0.1, 0.15) is 11.3 Å². The summed E-state index contributed by atoms with van der Waals surface area (Å²) in [7, 11) is 1.49. The Bertz CT molecular complexity index is 866. The molecule has 31 heavy (non-hydrogen) atoms. The van der Waals surface area contributed by atoms with Crippen molar-refractivity contribution in [2.45, 2.75) is 43.1 Å². The van der Waals surface area contributed by atoms with Crippen molar-refractivity contribution < 1.29 is 27.5 Å². The first-order valence-corrected chi connectivity index (χ1v) is 10.5. The summed E-state index contributed by atoms with van der Waals surface area (Å²) < 4.78 is 44.2. The van der Waals surface area contributed by atoms with Crippen LogP contribution in [-0.2, 0) is 9.59 Å².